The standard InChI is InChI=1S/C16H34N2/c1-6-7-8-11-18(14(2)3)16(13-17)10-9-15(4,5)12-16/h14H,6-13,17H2,1-5H3. The van der Waals surface area contributed by atoms with Crippen molar-refractivity contribution in [1.29, 1.82) is 0 Å². The van der Waals surface area contributed by atoms with Gasteiger partial charge >= 0.3 is 0 Å². The summed E-state index contributed by atoms with van der Waals surface area (Å²) in [5.41, 5.74) is 6.93. The average molecular weight is 254 g/mol. The first-order valence-electron chi connectivity index (χ1n) is 7.84. The summed E-state index contributed by atoms with van der Waals surface area (Å²) in [6.07, 6.45) is 7.82. The summed E-state index contributed by atoms with van der Waals surface area (Å²) in [5, 5.41) is 0. The fraction of sp³-hybridized carbons (Fsp3) is 1.00. The SMILES string of the molecule is CCCCCN(C(C)C)C1(CN)CCC(C)(C)C1. The molecule has 0 aromatic carbocycles. The Kier molecular flexibility index (Phi) is 5.67. The van der Waals surface area contributed by atoms with Crippen molar-refractivity contribution in [3.05, 3.63) is 0 Å². The number of hydrogen-bond donors (Lipinski definition) is 1. The van der Waals surface area contributed by atoms with Crippen molar-refractivity contribution in [3.8, 4) is 0 Å². The maximum Gasteiger partial charge on any atom is 0.0339 e. The third kappa shape index (κ3) is 3.71. The van der Waals surface area contributed by atoms with Crippen molar-refractivity contribution >= 4 is 0 Å². The minimum atomic E-state index is 0.269. The predicted octanol–water partition coefficient (Wildman–Crippen LogP) is 3.79. The number of unbranched alkanes of at least 4 members (excludes halogenated alkanes) is 2. The molecule has 0 amide bonds. The molecule has 2 heteroatoms. The zero-order chi connectivity index (χ0) is 13.8. The maximum atomic E-state index is 6.19. The van der Waals surface area contributed by atoms with E-state index >= 15 is 0 Å². The lowest BCUT2D eigenvalue weighted by Gasteiger charge is -2.44. The summed E-state index contributed by atoms with van der Waals surface area (Å²) >= 11 is 0. The second-order valence-corrected chi connectivity index (χ2v) is 7.26. The molecule has 1 aliphatic rings. The molecule has 1 rings (SSSR count). The molecule has 0 heterocycles. The van der Waals surface area contributed by atoms with Gasteiger partial charge in [-0.25, -0.2) is 0 Å². The summed E-state index contributed by atoms with van der Waals surface area (Å²) < 4.78 is 0. The molecule has 0 aromatic rings. The number of rotatable bonds is 7. The highest BCUT2D eigenvalue weighted by Crippen LogP contribution is 2.46. The van der Waals surface area contributed by atoms with Gasteiger partial charge in [0, 0.05) is 18.1 Å². The van der Waals surface area contributed by atoms with Crippen LogP contribution in [0.4, 0.5) is 0 Å². The van der Waals surface area contributed by atoms with Crippen molar-refractivity contribution in [2.45, 2.75) is 84.7 Å². The minimum Gasteiger partial charge on any atom is -0.329 e. The van der Waals surface area contributed by atoms with Gasteiger partial charge < -0.3 is 5.73 Å². The van der Waals surface area contributed by atoms with Crippen LogP contribution in [0.1, 0.15) is 73.1 Å². The third-order valence-corrected chi connectivity index (χ3v) is 4.69. The fourth-order valence-corrected chi connectivity index (χ4v) is 3.75. The number of hydrogen-bond acceptors (Lipinski definition) is 2. The van der Waals surface area contributed by atoms with Crippen molar-refractivity contribution in [2.24, 2.45) is 11.1 Å². The van der Waals surface area contributed by atoms with E-state index in [2.05, 4.69) is 39.5 Å². The molecule has 1 fully saturated rings. The summed E-state index contributed by atoms with van der Waals surface area (Å²) in [4.78, 5) is 2.71. The van der Waals surface area contributed by atoms with Crippen LogP contribution >= 0.6 is 0 Å². The molecule has 0 bridgehead atoms. The molecule has 0 spiro atoms. The van der Waals surface area contributed by atoms with Crippen LogP contribution in [-0.2, 0) is 0 Å². The molecule has 0 aromatic heterocycles. The highest BCUT2D eigenvalue weighted by molar-refractivity contribution is 5.02. The van der Waals surface area contributed by atoms with E-state index in [4.69, 9.17) is 5.73 Å². The van der Waals surface area contributed by atoms with Gasteiger partial charge in [0.15, 0.2) is 0 Å². The Morgan fingerprint density at radius 3 is 2.22 bits per heavy atom. The zero-order valence-corrected chi connectivity index (χ0v) is 13.3. The van der Waals surface area contributed by atoms with Crippen LogP contribution in [0.25, 0.3) is 0 Å². The molecule has 2 N–H and O–H groups in total. The Hall–Kier alpha value is -0.0800. The summed E-state index contributed by atoms with van der Waals surface area (Å²) in [7, 11) is 0. The lowest BCUT2D eigenvalue weighted by molar-refractivity contribution is 0.0558. The molecular formula is C16H34N2. The van der Waals surface area contributed by atoms with Crippen molar-refractivity contribution < 1.29 is 0 Å². The van der Waals surface area contributed by atoms with Gasteiger partial charge in [0.05, 0.1) is 0 Å². The quantitative estimate of drug-likeness (QED) is 0.700. The molecule has 0 aliphatic heterocycles. The van der Waals surface area contributed by atoms with Gasteiger partial charge in [-0.2, -0.15) is 0 Å². The monoisotopic (exact) mass is 254 g/mol. The topological polar surface area (TPSA) is 29.3 Å². The fourth-order valence-electron chi connectivity index (χ4n) is 3.75. The summed E-state index contributed by atoms with van der Waals surface area (Å²) in [6, 6.07) is 0.610. The van der Waals surface area contributed by atoms with Crippen LogP contribution in [0.3, 0.4) is 0 Å². The first-order chi connectivity index (χ1) is 8.37. The van der Waals surface area contributed by atoms with E-state index in [-0.39, 0.29) is 5.54 Å². The van der Waals surface area contributed by atoms with E-state index in [1.165, 1.54) is 45.1 Å². The van der Waals surface area contributed by atoms with E-state index in [0.717, 1.165) is 6.54 Å². The lowest BCUT2D eigenvalue weighted by Crippen LogP contribution is -2.55. The van der Waals surface area contributed by atoms with Crippen LogP contribution in [0.2, 0.25) is 0 Å². The van der Waals surface area contributed by atoms with E-state index in [0.29, 0.717) is 11.5 Å². The van der Waals surface area contributed by atoms with Gasteiger partial charge in [-0.3, -0.25) is 4.90 Å². The van der Waals surface area contributed by atoms with Crippen molar-refractivity contribution in [2.75, 3.05) is 13.1 Å². The smallest absolute Gasteiger partial charge is 0.0339 e. The largest absolute Gasteiger partial charge is 0.329 e. The number of nitrogens with two attached hydrogens (primary N) is 1. The molecule has 0 radical (unpaired) electrons. The normalized spacial score (nSPS) is 27.3. The van der Waals surface area contributed by atoms with Gasteiger partial charge in [0.1, 0.15) is 0 Å². The molecule has 1 unspecified atom stereocenters. The van der Waals surface area contributed by atoms with E-state index in [1.54, 1.807) is 0 Å². The average Bonchev–Trinajstić information content (AvgIpc) is 2.61. The second-order valence-electron chi connectivity index (χ2n) is 7.26. The summed E-state index contributed by atoms with van der Waals surface area (Å²) in [5.74, 6) is 0. The lowest BCUT2D eigenvalue weighted by atomic mass is 9.86. The van der Waals surface area contributed by atoms with Gasteiger partial charge in [0.25, 0.3) is 0 Å². The van der Waals surface area contributed by atoms with Crippen molar-refractivity contribution in [3.63, 3.8) is 0 Å². The Morgan fingerprint density at radius 1 is 1.17 bits per heavy atom. The van der Waals surface area contributed by atoms with Crippen LogP contribution < -0.4 is 5.73 Å². The Balaban J connectivity index is 2.75. The van der Waals surface area contributed by atoms with Crippen molar-refractivity contribution in [1.82, 2.24) is 4.90 Å². The molecule has 18 heavy (non-hydrogen) atoms. The molecule has 1 saturated carbocycles. The van der Waals surface area contributed by atoms with E-state index in [9.17, 15) is 0 Å². The van der Waals surface area contributed by atoms with Crippen LogP contribution in [0.5, 0.6) is 0 Å². The van der Waals surface area contributed by atoms with E-state index < -0.39 is 0 Å². The van der Waals surface area contributed by atoms with Crippen LogP contribution in [0.15, 0.2) is 0 Å². The molecule has 1 atom stereocenters. The first-order valence-corrected chi connectivity index (χ1v) is 7.84. The van der Waals surface area contributed by atoms with Crippen LogP contribution in [-0.4, -0.2) is 29.6 Å². The van der Waals surface area contributed by atoms with Gasteiger partial charge in [0.2, 0.25) is 0 Å². The predicted molar refractivity (Wildman–Crippen MR) is 80.8 cm³/mol. The second kappa shape index (κ2) is 6.38. The van der Waals surface area contributed by atoms with Crippen LogP contribution in [0, 0.1) is 5.41 Å². The molecule has 2 nitrogen and oxygen atoms in total. The van der Waals surface area contributed by atoms with Gasteiger partial charge in [-0.1, -0.05) is 33.6 Å². The highest BCUT2D eigenvalue weighted by atomic mass is 15.2. The Labute approximate surface area is 114 Å². The molecule has 1 aliphatic carbocycles. The first kappa shape index (κ1) is 16.0. The van der Waals surface area contributed by atoms with E-state index in [1.807, 2.05) is 0 Å². The highest BCUT2D eigenvalue weighted by Gasteiger charge is 2.46. The minimum absolute atomic E-state index is 0.269. The molecule has 108 valence electrons. The Bertz CT molecular complexity index is 247. The Morgan fingerprint density at radius 2 is 1.83 bits per heavy atom. The summed E-state index contributed by atoms with van der Waals surface area (Å²) in [6.45, 7) is 13.8. The number of nitrogens with zero attached hydrogens (tertiary/aromatic N) is 1. The van der Waals surface area contributed by atoms with Gasteiger partial charge in [-0.15, -0.1) is 0 Å². The molecular weight excluding hydrogens is 220 g/mol. The maximum absolute atomic E-state index is 6.19. The third-order valence-electron chi connectivity index (χ3n) is 4.69. The molecule has 0 saturated heterocycles. The zero-order valence-electron chi connectivity index (χ0n) is 13.3. The van der Waals surface area contributed by atoms with Gasteiger partial charge in [-0.05, 0) is 51.5 Å².